The van der Waals surface area contributed by atoms with Gasteiger partial charge in [-0.1, -0.05) is 96.2 Å². The zero-order chi connectivity index (χ0) is 41.1. The first kappa shape index (κ1) is 39.1. The second kappa shape index (κ2) is 16.6. The number of rotatable bonds is 14. The second-order valence-corrected chi connectivity index (χ2v) is 15.9. The smallest absolute Gasteiger partial charge is 0.352 e. The topological polar surface area (TPSA) is 201 Å². The predicted octanol–water partition coefficient (Wildman–Crippen LogP) is 3.47. The lowest BCUT2D eigenvalue weighted by molar-refractivity contribution is -0.688. The molecule has 3 aromatic carbocycles. The molecule has 0 aliphatic carbocycles. The Morgan fingerprint density at radius 2 is 1.66 bits per heavy atom. The summed E-state index contributed by atoms with van der Waals surface area (Å²) in [5, 5.41) is 25.0. The Kier molecular flexibility index (Phi) is 11.0. The van der Waals surface area contributed by atoms with Crippen LogP contribution in [0.2, 0.25) is 0 Å². The van der Waals surface area contributed by atoms with Crippen LogP contribution in [0.4, 0.5) is 10.8 Å². The van der Waals surface area contributed by atoms with Gasteiger partial charge in [0.15, 0.2) is 29.3 Å². The molecule has 8 rings (SSSR count). The second-order valence-electron chi connectivity index (χ2n) is 13.9. The SMILES string of the molecule is COc1cc(N)c[n+](CC2=C(C(=O)O)N3C(=O)[C@@H](NC(=O)/C(=N\O[C@H]4CCNC4=O)c4csc(NC(c5ccccc5)(c5ccccc5)c5ccccc5)n4)[C@@H]3SC2)c1. The summed E-state index contributed by atoms with van der Waals surface area (Å²) < 4.78 is 7.01. The number of thiazole rings is 1. The Morgan fingerprint density at radius 1 is 1.02 bits per heavy atom. The van der Waals surface area contributed by atoms with E-state index in [0.717, 1.165) is 16.7 Å². The van der Waals surface area contributed by atoms with Gasteiger partial charge in [-0.05, 0) is 16.7 Å². The molecule has 0 spiro atoms. The Balaban J connectivity index is 1.09. The van der Waals surface area contributed by atoms with Gasteiger partial charge < -0.3 is 36.4 Å². The molecule has 3 aliphatic heterocycles. The number of benzene rings is 3. The molecule has 3 aliphatic rings. The van der Waals surface area contributed by atoms with Crippen LogP contribution in [0, 0.1) is 0 Å². The maximum atomic E-state index is 14.2. The lowest BCUT2D eigenvalue weighted by atomic mass is 9.77. The van der Waals surface area contributed by atoms with Crippen LogP contribution in [-0.4, -0.2) is 81.3 Å². The molecule has 6 N–H and O–H groups in total. The number of carboxylic acid groups (broad SMARTS) is 1. The number of fused-ring (bicyclic) bond motifs is 1. The Hall–Kier alpha value is -6.72. The zero-order valence-electron chi connectivity index (χ0n) is 31.6. The van der Waals surface area contributed by atoms with Gasteiger partial charge in [0.1, 0.15) is 34.0 Å². The Labute approximate surface area is 346 Å². The van der Waals surface area contributed by atoms with E-state index in [1.54, 1.807) is 28.4 Å². The van der Waals surface area contributed by atoms with E-state index in [1.807, 2.05) is 91.0 Å². The highest BCUT2D eigenvalue weighted by Gasteiger charge is 2.55. The third-order valence-electron chi connectivity index (χ3n) is 10.2. The number of hydrogen-bond donors (Lipinski definition) is 5. The van der Waals surface area contributed by atoms with Crippen molar-refractivity contribution in [3.63, 3.8) is 0 Å². The molecule has 2 saturated heterocycles. The normalized spacial score (nSPS) is 19.0. The van der Waals surface area contributed by atoms with Crippen LogP contribution >= 0.6 is 23.1 Å². The summed E-state index contributed by atoms with van der Waals surface area (Å²) in [5.41, 5.74) is 8.57. The van der Waals surface area contributed by atoms with Crippen molar-refractivity contribution in [3.8, 4) is 5.75 Å². The summed E-state index contributed by atoms with van der Waals surface area (Å²) in [6, 6.07) is 30.4. The van der Waals surface area contributed by atoms with Crippen LogP contribution in [0.3, 0.4) is 0 Å². The van der Waals surface area contributed by atoms with Gasteiger partial charge in [0.25, 0.3) is 17.7 Å². The van der Waals surface area contributed by atoms with E-state index in [9.17, 15) is 24.3 Å². The van der Waals surface area contributed by atoms with E-state index in [-0.39, 0.29) is 35.3 Å². The van der Waals surface area contributed by atoms with Gasteiger partial charge in [-0.2, -0.15) is 4.57 Å². The molecule has 0 unspecified atom stereocenters. The lowest BCUT2D eigenvalue weighted by Crippen LogP contribution is -2.71. The number of carboxylic acids is 1. The van der Waals surface area contributed by atoms with Crippen molar-refractivity contribution in [2.75, 3.05) is 30.5 Å². The fourth-order valence-electron chi connectivity index (χ4n) is 7.44. The first-order valence-corrected chi connectivity index (χ1v) is 20.6. The molecule has 0 saturated carbocycles. The summed E-state index contributed by atoms with van der Waals surface area (Å²) in [6.07, 6.45) is 2.75. The van der Waals surface area contributed by atoms with Crippen LogP contribution in [0.5, 0.6) is 5.75 Å². The van der Waals surface area contributed by atoms with Gasteiger partial charge in [0, 0.05) is 35.7 Å². The van der Waals surface area contributed by atoms with Crippen LogP contribution in [0.1, 0.15) is 28.8 Å². The number of hydrogen-bond acceptors (Lipinski definition) is 12. The highest BCUT2D eigenvalue weighted by atomic mass is 32.2. The average Bonchev–Trinajstić information content (AvgIpc) is 3.90. The third-order valence-corrected chi connectivity index (χ3v) is 12.3. The number of aromatic nitrogens is 2. The predicted molar refractivity (Wildman–Crippen MR) is 221 cm³/mol. The number of amides is 3. The summed E-state index contributed by atoms with van der Waals surface area (Å²) in [7, 11) is 1.50. The Bertz CT molecular complexity index is 2370. The third kappa shape index (κ3) is 7.69. The number of nitrogens with two attached hydrogens (primary N) is 1. The largest absolute Gasteiger partial charge is 0.491 e. The molecule has 17 heteroatoms. The van der Waals surface area contributed by atoms with E-state index in [4.69, 9.17) is 20.3 Å². The molecule has 2 fully saturated rings. The van der Waals surface area contributed by atoms with Crippen molar-refractivity contribution in [2.45, 2.75) is 36.0 Å². The van der Waals surface area contributed by atoms with Gasteiger partial charge in [-0.3, -0.25) is 19.3 Å². The molecular formula is C42H39N8O7S2+. The Morgan fingerprint density at radius 3 is 2.24 bits per heavy atom. The number of anilines is 2. The van der Waals surface area contributed by atoms with E-state index in [0.29, 0.717) is 35.1 Å². The number of pyridine rings is 1. The first-order valence-electron chi connectivity index (χ1n) is 18.6. The van der Waals surface area contributed by atoms with Crippen LogP contribution in [-0.2, 0) is 36.1 Å². The number of nitrogen functional groups attached to an aromatic ring is 1. The van der Waals surface area contributed by atoms with E-state index >= 15 is 0 Å². The number of carbonyl (C=O) groups excluding carboxylic acids is 3. The van der Waals surface area contributed by atoms with Crippen molar-refractivity contribution in [1.82, 2.24) is 20.5 Å². The van der Waals surface area contributed by atoms with Crippen LogP contribution in [0.25, 0.3) is 0 Å². The number of methoxy groups -OCH3 is 1. The fraction of sp³-hybridized carbons (Fsp3) is 0.214. The van der Waals surface area contributed by atoms with E-state index in [2.05, 4.69) is 21.1 Å². The molecule has 3 atom stereocenters. The molecule has 0 bridgehead atoms. The molecule has 5 aromatic rings. The standard InChI is InChI=1S/C42H38N8O7S2/c1-56-30-19-29(43)21-49(22-30)20-25-23-58-39-34(38(53)50(39)35(25)40(54)55)46-37(52)33(48-57-32-17-18-44-36(32)51)31-24-59-41(45-31)47-42(26-11-5-2-6-12-26,27-13-7-3-8-14-27)28-15-9-4-10-16-28/h2-16,19,21-22,24,32,34,39H,17-18,20,23,43H2,1H3,(H3-,44,45,46,47,51,52,54,55)/p+1/b48-33-/t32-,34+,39-/m0/s1. The highest BCUT2D eigenvalue weighted by Crippen LogP contribution is 2.42. The highest BCUT2D eigenvalue weighted by molar-refractivity contribution is 8.00. The molecule has 15 nitrogen and oxygen atoms in total. The number of β-lactam (4-membered cyclic amide) rings is 1. The molecule has 2 aromatic heterocycles. The van der Waals surface area contributed by atoms with Gasteiger partial charge in [0.2, 0.25) is 12.3 Å². The van der Waals surface area contributed by atoms with Crippen molar-refractivity contribution >= 4 is 63.3 Å². The summed E-state index contributed by atoms with van der Waals surface area (Å²) in [6.45, 7) is 0.537. The lowest BCUT2D eigenvalue weighted by Gasteiger charge is -2.49. The van der Waals surface area contributed by atoms with Crippen LogP contribution in [0.15, 0.2) is 131 Å². The number of ether oxygens (including phenoxy) is 1. The fourth-order valence-corrected chi connectivity index (χ4v) is 9.53. The molecule has 59 heavy (non-hydrogen) atoms. The molecule has 0 radical (unpaired) electrons. The number of carbonyl (C=O) groups is 4. The quantitative estimate of drug-likeness (QED) is 0.0361. The van der Waals surface area contributed by atoms with Gasteiger partial charge >= 0.3 is 5.97 Å². The summed E-state index contributed by atoms with van der Waals surface area (Å²) in [4.78, 5) is 64.7. The molecule has 3 amide bonds. The summed E-state index contributed by atoms with van der Waals surface area (Å²) in [5.74, 6) is -2.27. The maximum Gasteiger partial charge on any atom is 0.352 e. The number of oxime groups is 1. The average molecular weight is 832 g/mol. The minimum Gasteiger partial charge on any atom is -0.491 e. The van der Waals surface area contributed by atoms with Gasteiger partial charge in [0.05, 0.1) is 7.11 Å². The molecule has 5 heterocycles. The van der Waals surface area contributed by atoms with Gasteiger partial charge in [-0.15, -0.1) is 23.1 Å². The first-order chi connectivity index (χ1) is 28.7. The summed E-state index contributed by atoms with van der Waals surface area (Å²) >= 11 is 2.56. The molecule has 300 valence electrons. The minimum atomic E-state index is -1.27. The number of aliphatic carboxylic acids is 1. The van der Waals surface area contributed by atoms with Crippen molar-refractivity contribution in [1.29, 1.82) is 0 Å². The number of nitrogens with zero attached hydrogens (tertiary/aromatic N) is 4. The monoisotopic (exact) mass is 831 g/mol. The van der Waals surface area contributed by atoms with Crippen molar-refractivity contribution in [2.24, 2.45) is 5.16 Å². The van der Waals surface area contributed by atoms with Gasteiger partial charge in [-0.25, -0.2) is 9.78 Å². The van der Waals surface area contributed by atoms with Crippen molar-refractivity contribution < 1.29 is 38.4 Å². The van der Waals surface area contributed by atoms with E-state index < -0.39 is 40.8 Å². The number of nitrogens with one attached hydrogen (secondary N) is 3. The zero-order valence-corrected chi connectivity index (χ0v) is 33.2. The molecular weight excluding hydrogens is 793 g/mol. The van der Waals surface area contributed by atoms with Crippen molar-refractivity contribution in [3.05, 3.63) is 148 Å². The number of thioether (sulfide) groups is 1. The van der Waals surface area contributed by atoms with Crippen LogP contribution < -0.4 is 31.0 Å². The van der Waals surface area contributed by atoms with E-state index in [1.165, 1.54) is 35.1 Å². The minimum absolute atomic E-state index is 0.138. The maximum absolute atomic E-state index is 14.2.